The molecule has 116 valence electrons. The van der Waals surface area contributed by atoms with Gasteiger partial charge in [0.2, 0.25) is 0 Å². The molecule has 0 saturated heterocycles. The Morgan fingerprint density at radius 1 is 1.32 bits per heavy atom. The minimum absolute atomic E-state index is 0.0351. The average Bonchev–Trinajstić information content (AvgIpc) is 3.11. The third-order valence-corrected chi connectivity index (χ3v) is 4.07. The lowest BCUT2D eigenvalue weighted by molar-refractivity contribution is 0.277. The van der Waals surface area contributed by atoms with Crippen molar-refractivity contribution in [1.29, 1.82) is 0 Å². The Morgan fingerprint density at radius 2 is 2.14 bits per heavy atom. The maximum atomic E-state index is 9.05. The molecule has 0 radical (unpaired) electrons. The van der Waals surface area contributed by atoms with Crippen molar-refractivity contribution < 1.29 is 5.11 Å². The van der Waals surface area contributed by atoms with Gasteiger partial charge in [-0.3, -0.25) is 0 Å². The number of aliphatic hydroxyl groups excluding tert-OH is 1. The molecule has 3 aromatic rings. The zero-order chi connectivity index (χ0) is 15.7. The Labute approximate surface area is 132 Å². The number of aromatic nitrogens is 5. The lowest BCUT2D eigenvalue weighted by atomic mass is 10.1. The van der Waals surface area contributed by atoms with E-state index >= 15 is 0 Å². The summed E-state index contributed by atoms with van der Waals surface area (Å²) in [6.07, 6.45) is 3.32. The summed E-state index contributed by atoms with van der Waals surface area (Å²) >= 11 is 1.51. The van der Waals surface area contributed by atoms with Crippen molar-refractivity contribution in [3.63, 3.8) is 0 Å². The number of rotatable bonds is 4. The van der Waals surface area contributed by atoms with E-state index in [2.05, 4.69) is 46.1 Å². The number of aliphatic hydroxyl groups is 1. The van der Waals surface area contributed by atoms with Crippen LogP contribution in [0.1, 0.15) is 31.5 Å². The van der Waals surface area contributed by atoms with Crippen molar-refractivity contribution in [1.82, 2.24) is 24.7 Å². The van der Waals surface area contributed by atoms with Crippen molar-refractivity contribution in [2.45, 2.75) is 39.5 Å². The fourth-order valence-electron chi connectivity index (χ4n) is 2.14. The molecule has 0 fully saturated rings. The summed E-state index contributed by atoms with van der Waals surface area (Å²) < 4.78 is 1.89. The predicted molar refractivity (Wildman–Crippen MR) is 85.7 cm³/mol. The van der Waals surface area contributed by atoms with Gasteiger partial charge < -0.3 is 10.4 Å². The molecule has 7 nitrogen and oxygen atoms in total. The van der Waals surface area contributed by atoms with Crippen LogP contribution in [0.4, 0.5) is 5.82 Å². The Morgan fingerprint density at radius 3 is 2.82 bits per heavy atom. The monoisotopic (exact) mass is 318 g/mol. The first-order chi connectivity index (χ1) is 10.5. The molecule has 0 amide bonds. The Kier molecular flexibility index (Phi) is 3.79. The van der Waals surface area contributed by atoms with Crippen LogP contribution < -0.4 is 5.32 Å². The second kappa shape index (κ2) is 5.62. The molecule has 0 aliphatic heterocycles. The van der Waals surface area contributed by atoms with Gasteiger partial charge in [0.25, 0.3) is 0 Å². The van der Waals surface area contributed by atoms with Gasteiger partial charge in [-0.05, 0) is 20.8 Å². The molecule has 0 spiro atoms. The lowest BCUT2D eigenvalue weighted by Crippen LogP contribution is -2.23. The van der Waals surface area contributed by atoms with Crippen LogP contribution >= 0.6 is 11.3 Å². The van der Waals surface area contributed by atoms with Gasteiger partial charge in [-0.1, -0.05) is 0 Å². The molecule has 0 aromatic carbocycles. The highest BCUT2D eigenvalue weighted by molar-refractivity contribution is 7.09. The predicted octanol–water partition coefficient (Wildman–Crippen LogP) is 2.14. The SMILES string of the molecule is CC(C)(C)n1ncc2c(NCc3nc(CO)cs3)ncnc21. The van der Waals surface area contributed by atoms with Gasteiger partial charge in [-0.2, -0.15) is 5.10 Å². The number of anilines is 1. The first-order valence-electron chi connectivity index (χ1n) is 6.96. The highest BCUT2D eigenvalue weighted by Gasteiger charge is 2.19. The van der Waals surface area contributed by atoms with Crippen molar-refractivity contribution in [3.05, 3.63) is 28.6 Å². The van der Waals surface area contributed by atoms with E-state index in [-0.39, 0.29) is 12.1 Å². The number of nitrogens with one attached hydrogen (secondary N) is 1. The third kappa shape index (κ3) is 2.79. The molecule has 3 aromatic heterocycles. The van der Waals surface area contributed by atoms with E-state index < -0.39 is 0 Å². The third-order valence-electron chi connectivity index (χ3n) is 3.17. The minimum atomic E-state index is -0.140. The summed E-state index contributed by atoms with van der Waals surface area (Å²) in [6.45, 7) is 6.77. The van der Waals surface area contributed by atoms with Gasteiger partial charge in [0.1, 0.15) is 17.2 Å². The zero-order valence-corrected chi connectivity index (χ0v) is 13.6. The molecule has 2 N–H and O–H groups in total. The lowest BCUT2D eigenvalue weighted by Gasteiger charge is -2.19. The number of thiazole rings is 1. The van der Waals surface area contributed by atoms with Crippen LogP contribution in [-0.4, -0.2) is 29.8 Å². The highest BCUT2D eigenvalue weighted by atomic mass is 32.1. The Bertz CT molecular complexity index is 788. The molecular formula is C14H18N6OS. The van der Waals surface area contributed by atoms with Crippen molar-refractivity contribution in [2.75, 3.05) is 5.32 Å². The largest absolute Gasteiger partial charge is 0.390 e. The first kappa shape index (κ1) is 14.9. The van der Waals surface area contributed by atoms with Gasteiger partial charge in [-0.25, -0.2) is 19.6 Å². The van der Waals surface area contributed by atoms with Crippen molar-refractivity contribution >= 4 is 28.2 Å². The van der Waals surface area contributed by atoms with E-state index in [9.17, 15) is 0 Å². The van der Waals surface area contributed by atoms with Crippen LogP contribution in [0.15, 0.2) is 17.9 Å². The average molecular weight is 318 g/mol. The summed E-state index contributed by atoms with van der Waals surface area (Å²) in [5.41, 5.74) is 1.36. The fraction of sp³-hybridized carbons (Fsp3) is 0.429. The number of hydrogen-bond acceptors (Lipinski definition) is 7. The van der Waals surface area contributed by atoms with E-state index in [0.29, 0.717) is 12.2 Å². The quantitative estimate of drug-likeness (QED) is 0.766. The first-order valence-corrected chi connectivity index (χ1v) is 7.84. The maximum absolute atomic E-state index is 9.05. The molecule has 3 rings (SSSR count). The summed E-state index contributed by atoms with van der Waals surface area (Å²) in [5, 5.41) is 20.4. The summed E-state index contributed by atoms with van der Waals surface area (Å²) in [6, 6.07) is 0. The molecule has 22 heavy (non-hydrogen) atoms. The second-order valence-corrected chi connectivity index (χ2v) is 6.87. The molecule has 3 heterocycles. The van der Waals surface area contributed by atoms with Crippen LogP contribution in [0.25, 0.3) is 11.0 Å². The number of nitrogens with zero attached hydrogens (tertiary/aromatic N) is 5. The standard InChI is InChI=1S/C14H18N6OS/c1-14(2,3)20-13-10(4-18-20)12(16-8-17-13)15-5-11-19-9(6-21)7-22-11/h4,7-8,21H,5-6H2,1-3H3,(H,15,16,17). The molecule has 0 unspecified atom stereocenters. The van der Waals surface area contributed by atoms with Crippen LogP contribution in [0.3, 0.4) is 0 Å². The van der Waals surface area contributed by atoms with Crippen LogP contribution in [0.5, 0.6) is 0 Å². The summed E-state index contributed by atoms with van der Waals surface area (Å²) in [7, 11) is 0. The van der Waals surface area contributed by atoms with E-state index in [1.165, 1.54) is 17.7 Å². The van der Waals surface area contributed by atoms with E-state index in [1.54, 1.807) is 6.20 Å². The van der Waals surface area contributed by atoms with E-state index in [1.807, 2.05) is 10.1 Å². The fourth-order valence-corrected chi connectivity index (χ4v) is 2.86. The molecule has 0 saturated carbocycles. The van der Waals surface area contributed by atoms with Crippen LogP contribution in [0.2, 0.25) is 0 Å². The Hall–Kier alpha value is -2.06. The highest BCUT2D eigenvalue weighted by Crippen LogP contribution is 2.24. The van der Waals surface area contributed by atoms with Gasteiger partial charge >= 0.3 is 0 Å². The molecule has 0 atom stereocenters. The van der Waals surface area contributed by atoms with E-state index in [4.69, 9.17) is 5.11 Å². The van der Waals surface area contributed by atoms with Gasteiger partial charge in [0.15, 0.2) is 5.65 Å². The second-order valence-electron chi connectivity index (χ2n) is 5.93. The molecule has 0 bridgehead atoms. The number of hydrogen-bond donors (Lipinski definition) is 2. The normalized spacial score (nSPS) is 12.0. The van der Waals surface area contributed by atoms with Gasteiger partial charge in [0.05, 0.1) is 36.0 Å². The molecule has 8 heteroatoms. The zero-order valence-electron chi connectivity index (χ0n) is 12.7. The molecule has 0 aliphatic rings. The van der Waals surface area contributed by atoms with Crippen molar-refractivity contribution in [2.24, 2.45) is 0 Å². The topological polar surface area (TPSA) is 88.8 Å². The summed E-state index contributed by atoms with van der Waals surface area (Å²) in [5.74, 6) is 0.737. The summed E-state index contributed by atoms with van der Waals surface area (Å²) in [4.78, 5) is 13.0. The molecular weight excluding hydrogens is 300 g/mol. The van der Waals surface area contributed by atoms with Gasteiger partial charge in [0, 0.05) is 5.38 Å². The molecule has 0 aliphatic carbocycles. The number of fused-ring (bicyclic) bond motifs is 1. The minimum Gasteiger partial charge on any atom is -0.390 e. The van der Waals surface area contributed by atoms with Crippen LogP contribution in [0, 0.1) is 0 Å². The maximum Gasteiger partial charge on any atom is 0.163 e. The van der Waals surface area contributed by atoms with Crippen LogP contribution in [-0.2, 0) is 18.7 Å². The van der Waals surface area contributed by atoms with E-state index in [0.717, 1.165) is 21.9 Å². The van der Waals surface area contributed by atoms with Crippen molar-refractivity contribution in [3.8, 4) is 0 Å². The smallest absolute Gasteiger partial charge is 0.163 e. The Balaban J connectivity index is 1.86. The van der Waals surface area contributed by atoms with Gasteiger partial charge in [-0.15, -0.1) is 11.3 Å².